The van der Waals surface area contributed by atoms with Crippen molar-refractivity contribution in [1.29, 1.82) is 0 Å². The van der Waals surface area contributed by atoms with Gasteiger partial charge < -0.3 is 15.0 Å². The summed E-state index contributed by atoms with van der Waals surface area (Å²) in [4.78, 5) is 51.2. The van der Waals surface area contributed by atoms with E-state index in [0.29, 0.717) is 49.3 Å². The number of morpholine rings is 1. The monoisotopic (exact) mass is 520 g/mol. The smallest absolute Gasteiger partial charge is 0.294 e. The SMILES string of the molecule is O=C(CN1C(=O)S/C(=C\c2ccc(N3CCOCC3)c([N+](=O)[O-])c2)C1=O)Nc1ccc(F)c(Cl)c1. The Morgan fingerprint density at radius 1 is 1.23 bits per heavy atom. The number of halogens is 2. The Labute approximate surface area is 207 Å². The number of rotatable bonds is 6. The van der Waals surface area contributed by atoms with Crippen molar-refractivity contribution in [3.05, 3.63) is 67.8 Å². The molecule has 35 heavy (non-hydrogen) atoms. The Kier molecular flexibility index (Phi) is 7.34. The normalized spacial score (nSPS) is 17.3. The van der Waals surface area contributed by atoms with E-state index in [1.165, 1.54) is 24.3 Å². The van der Waals surface area contributed by atoms with Gasteiger partial charge in [0.05, 0.1) is 28.1 Å². The highest BCUT2D eigenvalue weighted by Gasteiger charge is 2.36. The van der Waals surface area contributed by atoms with Crippen molar-refractivity contribution in [2.24, 2.45) is 0 Å². The zero-order valence-corrected chi connectivity index (χ0v) is 19.6. The zero-order chi connectivity index (χ0) is 25.1. The van der Waals surface area contributed by atoms with Gasteiger partial charge in [-0.15, -0.1) is 0 Å². The van der Waals surface area contributed by atoms with Crippen LogP contribution in [0.3, 0.4) is 0 Å². The molecule has 1 N–H and O–H groups in total. The number of hydrogen-bond donors (Lipinski definition) is 1. The molecule has 0 saturated carbocycles. The minimum Gasteiger partial charge on any atom is -0.378 e. The van der Waals surface area contributed by atoms with Gasteiger partial charge in [0.1, 0.15) is 18.0 Å². The summed E-state index contributed by atoms with van der Waals surface area (Å²) in [5.74, 6) is -2.03. The van der Waals surface area contributed by atoms with Crippen LogP contribution in [0, 0.1) is 15.9 Å². The lowest BCUT2D eigenvalue weighted by Gasteiger charge is -2.28. The van der Waals surface area contributed by atoms with Gasteiger partial charge in [-0.05, 0) is 47.7 Å². The second-order valence-corrected chi connectivity index (χ2v) is 8.95. The van der Waals surface area contributed by atoms with Crippen LogP contribution in [-0.2, 0) is 14.3 Å². The van der Waals surface area contributed by atoms with Crippen molar-refractivity contribution in [3.63, 3.8) is 0 Å². The molecule has 0 radical (unpaired) electrons. The van der Waals surface area contributed by atoms with Gasteiger partial charge in [-0.25, -0.2) is 4.39 Å². The molecule has 3 amide bonds. The summed E-state index contributed by atoms with van der Waals surface area (Å²) in [6.07, 6.45) is 1.37. The van der Waals surface area contributed by atoms with E-state index in [-0.39, 0.29) is 21.3 Å². The molecule has 2 aliphatic heterocycles. The van der Waals surface area contributed by atoms with E-state index in [1.54, 1.807) is 12.1 Å². The summed E-state index contributed by atoms with van der Waals surface area (Å²) in [6, 6.07) is 8.13. The van der Waals surface area contributed by atoms with Crippen LogP contribution >= 0.6 is 23.4 Å². The maximum absolute atomic E-state index is 13.3. The van der Waals surface area contributed by atoms with Gasteiger partial charge >= 0.3 is 0 Å². The molecule has 2 aromatic rings. The predicted molar refractivity (Wildman–Crippen MR) is 129 cm³/mol. The molecule has 0 spiro atoms. The summed E-state index contributed by atoms with van der Waals surface area (Å²) < 4.78 is 18.6. The molecule has 182 valence electrons. The summed E-state index contributed by atoms with van der Waals surface area (Å²) in [7, 11) is 0. The number of nitrogens with one attached hydrogen (secondary N) is 1. The Bertz CT molecular complexity index is 1250. The molecule has 0 bridgehead atoms. The fourth-order valence-electron chi connectivity index (χ4n) is 3.55. The summed E-state index contributed by atoms with van der Waals surface area (Å²) in [6.45, 7) is 1.41. The highest BCUT2D eigenvalue weighted by atomic mass is 35.5. The van der Waals surface area contributed by atoms with Crippen LogP contribution in [0.25, 0.3) is 6.08 Å². The molecule has 10 nitrogen and oxygen atoms in total. The molecule has 4 rings (SSSR count). The average molecular weight is 521 g/mol. The van der Waals surface area contributed by atoms with Gasteiger partial charge in [0.25, 0.3) is 16.8 Å². The standard InChI is InChI=1S/C22H18ClFN4O6S/c23-15-11-14(2-3-16(15)24)25-20(29)12-27-21(30)19(35-22(27)31)10-13-1-4-17(18(9-13)28(32)33)26-5-7-34-8-6-26/h1-4,9-11H,5-8,12H2,(H,25,29)/b19-10-. The van der Waals surface area contributed by atoms with Crippen molar-refractivity contribution in [3.8, 4) is 0 Å². The van der Waals surface area contributed by atoms with Gasteiger partial charge in [0.15, 0.2) is 0 Å². The minimum absolute atomic E-state index is 0.0287. The van der Waals surface area contributed by atoms with E-state index >= 15 is 0 Å². The first-order valence-electron chi connectivity index (χ1n) is 10.3. The lowest BCUT2D eigenvalue weighted by molar-refractivity contribution is -0.384. The van der Waals surface area contributed by atoms with Crippen LogP contribution in [0.2, 0.25) is 5.02 Å². The second kappa shape index (κ2) is 10.4. The fraction of sp³-hybridized carbons (Fsp3) is 0.227. The van der Waals surface area contributed by atoms with Crippen LogP contribution < -0.4 is 10.2 Å². The Morgan fingerprint density at radius 3 is 2.66 bits per heavy atom. The number of hydrogen-bond acceptors (Lipinski definition) is 8. The molecular weight excluding hydrogens is 503 g/mol. The summed E-state index contributed by atoms with van der Waals surface area (Å²) in [5, 5.41) is 13.3. The highest BCUT2D eigenvalue weighted by Crippen LogP contribution is 2.35. The van der Waals surface area contributed by atoms with E-state index in [0.717, 1.165) is 11.0 Å². The molecule has 2 aliphatic rings. The number of amides is 3. The third-order valence-corrected chi connectivity index (χ3v) is 6.42. The van der Waals surface area contributed by atoms with Gasteiger partial charge in [0.2, 0.25) is 5.91 Å². The summed E-state index contributed by atoms with van der Waals surface area (Å²) >= 11 is 6.32. The number of carbonyl (C=O) groups is 3. The van der Waals surface area contributed by atoms with Crippen molar-refractivity contribution >= 4 is 63.6 Å². The predicted octanol–water partition coefficient (Wildman–Crippen LogP) is 3.90. The number of nitro groups is 1. The minimum atomic E-state index is -0.702. The van der Waals surface area contributed by atoms with Crippen LogP contribution in [0.15, 0.2) is 41.3 Å². The van der Waals surface area contributed by atoms with E-state index in [9.17, 15) is 28.9 Å². The highest BCUT2D eigenvalue weighted by molar-refractivity contribution is 8.18. The topological polar surface area (TPSA) is 122 Å². The van der Waals surface area contributed by atoms with Crippen molar-refractivity contribution < 1.29 is 28.4 Å². The zero-order valence-electron chi connectivity index (χ0n) is 18.0. The Balaban J connectivity index is 1.48. The molecule has 2 fully saturated rings. The van der Waals surface area contributed by atoms with Crippen molar-refractivity contribution in [2.75, 3.05) is 43.1 Å². The number of ether oxygens (including phenoxy) is 1. The lowest BCUT2D eigenvalue weighted by atomic mass is 10.1. The van der Waals surface area contributed by atoms with Crippen molar-refractivity contribution in [2.45, 2.75) is 0 Å². The molecule has 13 heteroatoms. The molecule has 0 aromatic heterocycles. The molecule has 2 aromatic carbocycles. The first-order valence-corrected chi connectivity index (χ1v) is 11.5. The van der Waals surface area contributed by atoms with Gasteiger partial charge in [-0.2, -0.15) is 0 Å². The Morgan fingerprint density at radius 2 is 1.97 bits per heavy atom. The summed E-state index contributed by atoms with van der Waals surface area (Å²) in [5.41, 5.74) is 0.888. The maximum atomic E-state index is 13.3. The number of nitrogens with zero attached hydrogens (tertiary/aromatic N) is 3. The molecule has 0 aliphatic carbocycles. The molecule has 2 saturated heterocycles. The van der Waals surface area contributed by atoms with E-state index < -0.39 is 34.3 Å². The van der Waals surface area contributed by atoms with Crippen LogP contribution in [0.1, 0.15) is 5.56 Å². The number of nitro benzene ring substituents is 1. The van der Waals surface area contributed by atoms with Crippen LogP contribution in [0.5, 0.6) is 0 Å². The van der Waals surface area contributed by atoms with E-state index in [2.05, 4.69) is 5.32 Å². The van der Waals surface area contributed by atoms with E-state index in [1.807, 2.05) is 4.90 Å². The van der Waals surface area contributed by atoms with E-state index in [4.69, 9.17) is 16.3 Å². The first kappa shape index (κ1) is 24.6. The first-order chi connectivity index (χ1) is 16.7. The van der Waals surface area contributed by atoms with Crippen LogP contribution in [-0.4, -0.2) is 59.7 Å². The Hall–Kier alpha value is -3.48. The maximum Gasteiger partial charge on any atom is 0.294 e. The number of carbonyl (C=O) groups excluding carboxylic acids is 3. The third kappa shape index (κ3) is 5.61. The number of thioether (sulfide) groups is 1. The largest absolute Gasteiger partial charge is 0.378 e. The molecule has 2 heterocycles. The number of imide groups is 1. The van der Waals surface area contributed by atoms with Gasteiger partial charge in [-0.1, -0.05) is 17.7 Å². The number of anilines is 2. The third-order valence-electron chi connectivity index (χ3n) is 5.22. The fourth-order valence-corrected chi connectivity index (χ4v) is 4.57. The van der Waals surface area contributed by atoms with Crippen molar-refractivity contribution in [1.82, 2.24) is 4.90 Å². The lowest BCUT2D eigenvalue weighted by Crippen LogP contribution is -2.36. The quantitative estimate of drug-likeness (QED) is 0.346. The molecule has 0 atom stereocenters. The second-order valence-electron chi connectivity index (χ2n) is 7.55. The average Bonchev–Trinajstić information content (AvgIpc) is 3.09. The van der Waals surface area contributed by atoms with Crippen LogP contribution in [0.4, 0.5) is 26.2 Å². The molecular formula is C22H18ClFN4O6S. The van der Waals surface area contributed by atoms with Gasteiger partial charge in [0, 0.05) is 24.8 Å². The number of benzene rings is 2. The molecule has 0 unspecified atom stereocenters. The van der Waals surface area contributed by atoms with Gasteiger partial charge in [-0.3, -0.25) is 29.4 Å².